The van der Waals surface area contributed by atoms with Gasteiger partial charge in [0.25, 0.3) is 5.91 Å². The number of hydrogen-bond donors (Lipinski definition) is 3. The predicted octanol–water partition coefficient (Wildman–Crippen LogP) is 3.17. The maximum Gasteiger partial charge on any atom is 0.251 e. The average Bonchev–Trinajstić information content (AvgIpc) is 3.36. The zero-order valence-electron chi connectivity index (χ0n) is 17.2. The maximum atomic E-state index is 14.3. The maximum absolute atomic E-state index is 14.3. The quantitative estimate of drug-likeness (QED) is 0.399. The van der Waals surface area contributed by atoms with Crippen LogP contribution in [0.5, 0.6) is 0 Å². The summed E-state index contributed by atoms with van der Waals surface area (Å²) in [5.41, 5.74) is 2.83. The summed E-state index contributed by atoms with van der Waals surface area (Å²) in [4.78, 5) is 30.8. The minimum Gasteiger partial charge on any atom is -0.360 e. The first-order valence-electron chi connectivity index (χ1n) is 9.83. The number of benzene rings is 1. The summed E-state index contributed by atoms with van der Waals surface area (Å²) in [7, 11) is 0. The normalized spacial score (nSPS) is 11.0. The number of amides is 2. The summed E-state index contributed by atoms with van der Waals surface area (Å²) in [5, 5.41) is 10.9. The van der Waals surface area contributed by atoms with E-state index < -0.39 is 5.82 Å². The van der Waals surface area contributed by atoms with E-state index in [1.54, 1.807) is 41.5 Å². The Bertz CT molecular complexity index is 1300. The predicted molar refractivity (Wildman–Crippen MR) is 118 cm³/mol. The molecule has 4 aromatic rings. The van der Waals surface area contributed by atoms with Gasteiger partial charge in [0, 0.05) is 66.2 Å². The van der Waals surface area contributed by atoms with E-state index in [0.717, 1.165) is 5.56 Å². The van der Waals surface area contributed by atoms with Gasteiger partial charge in [0.1, 0.15) is 5.82 Å². The van der Waals surface area contributed by atoms with Crippen LogP contribution in [0.25, 0.3) is 10.9 Å². The summed E-state index contributed by atoms with van der Waals surface area (Å²) in [6.07, 6.45) is 6.59. The summed E-state index contributed by atoms with van der Waals surface area (Å²) in [6, 6.07) is 6.23. The topological polar surface area (TPSA) is 105 Å². The van der Waals surface area contributed by atoms with Gasteiger partial charge in [-0.2, -0.15) is 5.10 Å². The van der Waals surface area contributed by atoms with Crippen molar-refractivity contribution in [3.63, 3.8) is 0 Å². The van der Waals surface area contributed by atoms with E-state index in [0.29, 0.717) is 45.8 Å². The number of carbonyl (C=O) groups excluding carboxylic acids is 2. The first-order valence-corrected chi connectivity index (χ1v) is 10.2. The second-order valence-corrected chi connectivity index (χ2v) is 7.71. The molecule has 10 heteroatoms. The molecule has 0 saturated carbocycles. The number of nitrogens with one attached hydrogen (secondary N) is 3. The Balaban J connectivity index is 1.41. The van der Waals surface area contributed by atoms with Crippen molar-refractivity contribution in [3.05, 3.63) is 82.3 Å². The molecule has 8 nitrogen and oxygen atoms in total. The van der Waals surface area contributed by atoms with E-state index in [1.807, 2.05) is 0 Å². The average molecular weight is 455 g/mol. The molecule has 164 valence electrons. The molecule has 1 aromatic carbocycles. The number of halogens is 2. The van der Waals surface area contributed by atoms with Gasteiger partial charge in [-0.3, -0.25) is 19.3 Å². The highest BCUT2D eigenvalue weighted by atomic mass is 35.5. The zero-order valence-corrected chi connectivity index (χ0v) is 17.9. The highest BCUT2D eigenvalue weighted by Gasteiger charge is 2.12. The van der Waals surface area contributed by atoms with Crippen molar-refractivity contribution in [2.45, 2.75) is 26.6 Å². The first kappa shape index (κ1) is 21.5. The molecule has 2 amide bonds. The third-order valence-electron chi connectivity index (χ3n) is 4.87. The van der Waals surface area contributed by atoms with E-state index in [9.17, 15) is 14.0 Å². The number of pyridine rings is 1. The first-order chi connectivity index (χ1) is 15.4. The molecule has 0 aliphatic carbocycles. The van der Waals surface area contributed by atoms with Crippen LogP contribution in [0, 0.1) is 5.82 Å². The fraction of sp³-hybridized carbons (Fsp3) is 0.182. The van der Waals surface area contributed by atoms with Gasteiger partial charge in [-0.05, 0) is 24.3 Å². The van der Waals surface area contributed by atoms with Gasteiger partial charge in [0.15, 0.2) is 0 Å². The molecule has 0 atom stereocenters. The second-order valence-electron chi connectivity index (χ2n) is 7.30. The fourth-order valence-electron chi connectivity index (χ4n) is 3.25. The molecule has 0 aliphatic heterocycles. The van der Waals surface area contributed by atoms with Gasteiger partial charge in [0.2, 0.25) is 5.91 Å². The molecule has 32 heavy (non-hydrogen) atoms. The standard InChI is InChI=1S/C22H20ClFN6O2/c1-13(31)26-7-14-8-29-30(11-14)12-17-4-15(2-3-25-17)22(32)28-9-16-5-18-19(23)10-27-21(18)6-20(16)24/h2-6,8,10-11,27H,7,9,12H2,1H3,(H,26,31)(H,28,32). The van der Waals surface area contributed by atoms with E-state index >= 15 is 0 Å². The van der Waals surface area contributed by atoms with Crippen molar-refractivity contribution >= 4 is 34.3 Å². The molecule has 4 rings (SSSR count). The Morgan fingerprint density at radius 1 is 1.22 bits per heavy atom. The Labute approximate surface area is 187 Å². The molecule has 0 aliphatic rings. The Kier molecular flexibility index (Phi) is 6.18. The van der Waals surface area contributed by atoms with Crippen LogP contribution in [0.1, 0.15) is 34.1 Å². The van der Waals surface area contributed by atoms with Crippen molar-refractivity contribution in [1.82, 2.24) is 30.4 Å². The molecular formula is C22H20ClFN6O2. The largest absolute Gasteiger partial charge is 0.360 e. The number of rotatable bonds is 7. The van der Waals surface area contributed by atoms with Crippen LogP contribution < -0.4 is 10.6 Å². The van der Waals surface area contributed by atoms with Gasteiger partial charge in [-0.1, -0.05) is 11.6 Å². The molecule has 0 saturated heterocycles. The van der Waals surface area contributed by atoms with E-state index in [2.05, 4.69) is 25.7 Å². The van der Waals surface area contributed by atoms with Crippen LogP contribution >= 0.6 is 11.6 Å². The lowest BCUT2D eigenvalue weighted by Gasteiger charge is -2.08. The summed E-state index contributed by atoms with van der Waals surface area (Å²) in [5.74, 6) is -0.894. The van der Waals surface area contributed by atoms with Gasteiger partial charge < -0.3 is 15.6 Å². The number of fused-ring (bicyclic) bond motifs is 1. The van der Waals surface area contributed by atoms with Crippen molar-refractivity contribution in [1.29, 1.82) is 0 Å². The van der Waals surface area contributed by atoms with Crippen molar-refractivity contribution < 1.29 is 14.0 Å². The van der Waals surface area contributed by atoms with E-state index in [-0.39, 0.29) is 18.4 Å². The molecule has 3 N–H and O–H groups in total. The van der Waals surface area contributed by atoms with E-state index in [4.69, 9.17) is 11.6 Å². The van der Waals surface area contributed by atoms with Gasteiger partial charge in [0.05, 0.1) is 23.5 Å². The van der Waals surface area contributed by atoms with Crippen LogP contribution in [0.15, 0.2) is 49.1 Å². The molecule has 0 radical (unpaired) electrons. The summed E-state index contributed by atoms with van der Waals surface area (Å²) in [6.45, 7) is 2.22. The lowest BCUT2D eigenvalue weighted by atomic mass is 10.1. The van der Waals surface area contributed by atoms with Crippen LogP contribution in [0.4, 0.5) is 4.39 Å². The Morgan fingerprint density at radius 3 is 2.88 bits per heavy atom. The number of carbonyl (C=O) groups is 2. The van der Waals surface area contributed by atoms with Gasteiger partial charge >= 0.3 is 0 Å². The van der Waals surface area contributed by atoms with Crippen molar-refractivity contribution in [2.24, 2.45) is 0 Å². The molecule has 0 unspecified atom stereocenters. The number of nitrogens with zero attached hydrogens (tertiary/aromatic N) is 3. The fourth-order valence-corrected chi connectivity index (χ4v) is 3.46. The van der Waals surface area contributed by atoms with Crippen LogP contribution in [0.2, 0.25) is 5.02 Å². The molecule has 0 bridgehead atoms. The van der Waals surface area contributed by atoms with Gasteiger partial charge in [-0.15, -0.1) is 0 Å². The second kappa shape index (κ2) is 9.19. The SMILES string of the molecule is CC(=O)NCc1cnn(Cc2cc(C(=O)NCc3cc4c(Cl)c[nH]c4cc3F)ccn2)c1. The number of aromatic amines is 1. The zero-order chi connectivity index (χ0) is 22.7. The lowest BCUT2D eigenvalue weighted by molar-refractivity contribution is -0.119. The number of aromatic nitrogens is 4. The van der Waals surface area contributed by atoms with Gasteiger partial charge in [-0.25, -0.2) is 4.39 Å². The smallest absolute Gasteiger partial charge is 0.251 e. The molecule has 0 fully saturated rings. The van der Waals surface area contributed by atoms with E-state index in [1.165, 1.54) is 19.2 Å². The van der Waals surface area contributed by atoms with Crippen LogP contribution in [-0.4, -0.2) is 31.6 Å². The lowest BCUT2D eigenvalue weighted by Crippen LogP contribution is -2.23. The Hall–Kier alpha value is -3.72. The van der Waals surface area contributed by atoms with Crippen molar-refractivity contribution in [2.75, 3.05) is 0 Å². The third-order valence-corrected chi connectivity index (χ3v) is 5.18. The number of hydrogen-bond acceptors (Lipinski definition) is 4. The monoisotopic (exact) mass is 454 g/mol. The molecular weight excluding hydrogens is 435 g/mol. The summed E-state index contributed by atoms with van der Waals surface area (Å²) >= 11 is 6.10. The molecule has 3 heterocycles. The Morgan fingerprint density at radius 2 is 2.06 bits per heavy atom. The molecule has 3 aromatic heterocycles. The van der Waals surface area contributed by atoms with Crippen molar-refractivity contribution in [3.8, 4) is 0 Å². The molecule has 0 spiro atoms. The van der Waals surface area contributed by atoms with Crippen LogP contribution in [0.3, 0.4) is 0 Å². The minimum atomic E-state index is -0.430. The minimum absolute atomic E-state index is 0.0193. The van der Waals surface area contributed by atoms with Crippen LogP contribution in [-0.2, 0) is 24.4 Å². The highest BCUT2D eigenvalue weighted by Crippen LogP contribution is 2.25. The highest BCUT2D eigenvalue weighted by molar-refractivity contribution is 6.35. The third kappa shape index (κ3) is 4.94. The summed E-state index contributed by atoms with van der Waals surface area (Å²) < 4.78 is 16.0. The number of H-pyrrole nitrogens is 1.